The summed E-state index contributed by atoms with van der Waals surface area (Å²) in [5.41, 5.74) is 1.31. The highest BCUT2D eigenvalue weighted by Gasteiger charge is 2.28. The number of carbonyl (C=O) groups is 1. The first-order chi connectivity index (χ1) is 11.9. The predicted molar refractivity (Wildman–Crippen MR) is 86.6 cm³/mol. The van der Waals surface area contributed by atoms with Crippen molar-refractivity contribution in [1.82, 2.24) is 14.7 Å². The molecule has 5 nitrogen and oxygen atoms in total. The molecule has 0 aliphatic heterocycles. The average molecular weight is 369 g/mol. The smallest absolute Gasteiger partial charge is 0.422 e. The van der Waals surface area contributed by atoms with Gasteiger partial charge in [-0.3, -0.25) is 9.20 Å². The largest absolute Gasteiger partial charge is 0.484 e. The van der Waals surface area contributed by atoms with Crippen molar-refractivity contribution in [3.05, 3.63) is 53.3 Å². The molecule has 0 atom stereocenters. The number of alkyl halides is 3. The average Bonchev–Trinajstić information content (AvgIpc) is 3.12. The first kappa shape index (κ1) is 17.3. The number of nitrogens with one attached hydrogen (secondary N) is 1. The molecule has 0 bridgehead atoms. The lowest BCUT2D eigenvalue weighted by atomic mass is 10.2. The van der Waals surface area contributed by atoms with Crippen LogP contribution in [-0.2, 0) is 17.8 Å². The van der Waals surface area contributed by atoms with Crippen molar-refractivity contribution in [1.29, 1.82) is 0 Å². The number of nitrogens with zero attached hydrogens (tertiary/aromatic N) is 2. The number of halogens is 3. The molecule has 0 fully saturated rings. The molecule has 0 saturated carbocycles. The van der Waals surface area contributed by atoms with E-state index in [0.29, 0.717) is 11.3 Å². The van der Waals surface area contributed by atoms with Crippen LogP contribution in [0.25, 0.3) is 4.96 Å². The van der Waals surface area contributed by atoms with Crippen molar-refractivity contribution in [2.45, 2.75) is 19.1 Å². The number of benzene rings is 1. The second-order valence-corrected chi connectivity index (χ2v) is 6.20. The van der Waals surface area contributed by atoms with Crippen LogP contribution in [0.2, 0.25) is 0 Å². The van der Waals surface area contributed by atoms with Gasteiger partial charge in [0.25, 0.3) is 0 Å². The topological polar surface area (TPSA) is 55.6 Å². The fourth-order valence-corrected chi connectivity index (χ4v) is 2.92. The number of imidazole rings is 1. The Morgan fingerprint density at radius 1 is 1.36 bits per heavy atom. The highest BCUT2D eigenvalue weighted by molar-refractivity contribution is 7.15. The van der Waals surface area contributed by atoms with Crippen molar-refractivity contribution in [3.8, 4) is 5.75 Å². The molecule has 0 spiro atoms. The lowest BCUT2D eigenvalue weighted by Gasteiger charge is -2.10. The Morgan fingerprint density at radius 3 is 2.96 bits per heavy atom. The third kappa shape index (κ3) is 4.96. The van der Waals surface area contributed by atoms with Gasteiger partial charge in [-0.25, -0.2) is 4.98 Å². The molecule has 0 aliphatic rings. The maximum absolute atomic E-state index is 12.2. The molecule has 0 unspecified atom stereocenters. The van der Waals surface area contributed by atoms with E-state index in [9.17, 15) is 18.0 Å². The van der Waals surface area contributed by atoms with Crippen molar-refractivity contribution in [2.24, 2.45) is 0 Å². The molecule has 1 N–H and O–H groups in total. The monoisotopic (exact) mass is 369 g/mol. The summed E-state index contributed by atoms with van der Waals surface area (Å²) in [6.45, 7) is -1.15. The van der Waals surface area contributed by atoms with Crippen molar-refractivity contribution < 1.29 is 22.7 Å². The first-order valence-electron chi connectivity index (χ1n) is 7.35. The fourth-order valence-electron chi connectivity index (χ4n) is 2.20. The maximum Gasteiger partial charge on any atom is 0.422 e. The maximum atomic E-state index is 12.2. The number of amides is 1. The minimum Gasteiger partial charge on any atom is -0.484 e. The molecule has 3 rings (SSSR count). The van der Waals surface area contributed by atoms with E-state index in [1.807, 2.05) is 16.0 Å². The Kier molecular flexibility index (Phi) is 4.93. The van der Waals surface area contributed by atoms with E-state index in [-0.39, 0.29) is 24.6 Å². The molecular weight excluding hydrogens is 355 g/mol. The highest BCUT2D eigenvalue weighted by atomic mass is 32.1. The number of hydrogen-bond donors (Lipinski definition) is 1. The first-order valence-corrected chi connectivity index (χ1v) is 8.23. The summed E-state index contributed by atoms with van der Waals surface area (Å²) in [6, 6.07) is 6.19. The van der Waals surface area contributed by atoms with Gasteiger partial charge in [-0.15, -0.1) is 11.3 Å². The molecule has 0 saturated heterocycles. The molecule has 25 heavy (non-hydrogen) atoms. The van der Waals surface area contributed by atoms with Gasteiger partial charge in [0.2, 0.25) is 5.91 Å². The minimum atomic E-state index is -4.39. The van der Waals surface area contributed by atoms with Gasteiger partial charge in [-0.2, -0.15) is 13.2 Å². The van der Waals surface area contributed by atoms with E-state index in [1.165, 1.54) is 23.5 Å². The molecule has 2 heterocycles. The Bertz CT molecular complexity index is 844. The molecular formula is C16H14F3N3O2S. The normalized spacial score (nSPS) is 11.6. The number of thiazole rings is 1. The zero-order valence-electron chi connectivity index (χ0n) is 12.9. The Balaban J connectivity index is 1.52. The number of rotatable bonds is 6. The molecule has 1 aromatic carbocycles. The number of ether oxygens (including phenoxy) is 1. The second-order valence-electron chi connectivity index (χ2n) is 5.33. The van der Waals surface area contributed by atoms with Gasteiger partial charge < -0.3 is 10.1 Å². The van der Waals surface area contributed by atoms with Gasteiger partial charge in [0.15, 0.2) is 11.6 Å². The van der Waals surface area contributed by atoms with E-state index in [1.54, 1.807) is 18.3 Å². The molecule has 0 aliphatic carbocycles. The summed E-state index contributed by atoms with van der Waals surface area (Å²) in [4.78, 5) is 17.1. The van der Waals surface area contributed by atoms with E-state index in [2.05, 4.69) is 15.0 Å². The van der Waals surface area contributed by atoms with Crippen LogP contribution in [0, 0.1) is 0 Å². The summed E-state index contributed by atoms with van der Waals surface area (Å²) in [5.74, 6) is -0.106. The van der Waals surface area contributed by atoms with Crippen molar-refractivity contribution in [3.63, 3.8) is 0 Å². The standard InChI is InChI=1S/C16H14F3N3O2S/c17-16(18,19)10-24-13-3-1-2-11(6-13)8-20-14(23)7-12-9-22-4-5-25-15(22)21-12/h1-6,9H,7-8,10H2,(H,20,23). The van der Waals surface area contributed by atoms with Crippen LogP contribution < -0.4 is 10.1 Å². The lowest BCUT2D eigenvalue weighted by molar-refractivity contribution is -0.153. The second kappa shape index (κ2) is 7.14. The van der Waals surface area contributed by atoms with Crippen molar-refractivity contribution in [2.75, 3.05) is 6.61 Å². The SMILES string of the molecule is O=C(Cc1cn2ccsc2n1)NCc1cccc(OCC(F)(F)F)c1. The summed E-state index contributed by atoms with van der Waals surface area (Å²) >= 11 is 1.48. The van der Waals surface area contributed by atoms with Gasteiger partial charge in [-0.1, -0.05) is 12.1 Å². The van der Waals surface area contributed by atoms with Crippen LogP contribution in [0.1, 0.15) is 11.3 Å². The molecule has 2 aromatic heterocycles. The van der Waals surface area contributed by atoms with E-state index < -0.39 is 12.8 Å². The van der Waals surface area contributed by atoms with Crippen LogP contribution in [0.3, 0.4) is 0 Å². The summed E-state index contributed by atoms with van der Waals surface area (Å²) in [6.07, 6.45) is -0.598. The molecule has 0 radical (unpaired) electrons. The fraction of sp³-hybridized carbons (Fsp3) is 0.250. The van der Waals surface area contributed by atoms with Crippen molar-refractivity contribution >= 4 is 22.2 Å². The number of carbonyl (C=O) groups excluding carboxylic acids is 1. The molecule has 9 heteroatoms. The molecule has 1 amide bonds. The summed E-state index contributed by atoms with van der Waals surface area (Å²) in [7, 11) is 0. The van der Waals surface area contributed by atoms with Gasteiger partial charge in [0.1, 0.15) is 5.75 Å². The highest BCUT2D eigenvalue weighted by Crippen LogP contribution is 2.19. The quantitative estimate of drug-likeness (QED) is 0.726. The minimum absolute atomic E-state index is 0.110. The molecule has 3 aromatic rings. The van der Waals surface area contributed by atoms with Gasteiger partial charge in [-0.05, 0) is 17.7 Å². The molecule has 132 valence electrons. The van der Waals surface area contributed by atoms with Gasteiger partial charge in [0, 0.05) is 24.3 Å². The van der Waals surface area contributed by atoms with Crippen LogP contribution >= 0.6 is 11.3 Å². The van der Waals surface area contributed by atoms with Crippen LogP contribution in [-0.4, -0.2) is 28.1 Å². The van der Waals surface area contributed by atoms with E-state index in [0.717, 1.165) is 4.96 Å². The number of hydrogen-bond acceptors (Lipinski definition) is 4. The number of aromatic nitrogens is 2. The van der Waals surface area contributed by atoms with E-state index >= 15 is 0 Å². The summed E-state index contributed by atoms with van der Waals surface area (Å²) in [5, 5.41) is 4.62. The Hall–Kier alpha value is -2.55. The lowest BCUT2D eigenvalue weighted by Crippen LogP contribution is -2.24. The van der Waals surface area contributed by atoms with Gasteiger partial charge >= 0.3 is 6.18 Å². The summed E-state index contributed by atoms with van der Waals surface area (Å²) < 4.78 is 43.0. The number of fused-ring (bicyclic) bond motifs is 1. The van der Waals surface area contributed by atoms with Gasteiger partial charge in [0.05, 0.1) is 12.1 Å². The van der Waals surface area contributed by atoms with Crippen LogP contribution in [0.5, 0.6) is 5.75 Å². The van der Waals surface area contributed by atoms with Crippen LogP contribution in [0.15, 0.2) is 42.0 Å². The van der Waals surface area contributed by atoms with E-state index in [4.69, 9.17) is 0 Å². The third-order valence-corrected chi connectivity index (χ3v) is 4.05. The zero-order chi connectivity index (χ0) is 17.9. The predicted octanol–water partition coefficient (Wildman–Crippen LogP) is 3.20. The zero-order valence-corrected chi connectivity index (χ0v) is 13.7. The third-order valence-electron chi connectivity index (χ3n) is 3.28. The Morgan fingerprint density at radius 2 is 2.20 bits per heavy atom. The Labute approximate surface area is 145 Å². The van der Waals surface area contributed by atoms with Crippen LogP contribution in [0.4, 0.5) is 13.2 Å².